The summed E-state index contributed by atoms with van der Waals surface area (Å²) in [5.41, 5.74) is 1.55. The maximum atomic E-state index is 13.2. The fraction of sp³-hybridized carbons (Fsp3) is 0.438. The van der Waals surface area contributed by atoms with Crippen molar-refractivity contribution in [1.29, 1.82) is 0 Å². The van der Waals surface area contributed by atoms with E-state index in [0.29, 0.717) is 18.6 Å². The van der Waals surface area contributed by atoms with Crippen LogP contribution in [-0.2, 0) is 11.2 Å². The molecule has 1 aromatic carbocycles. The molecule has 0 saturated heterocycles. The molecule has 21 heavy (non-hydrogen) atoms. The molecular weight excluding hydrogens is 271 g/mol. The van der Waals surface area contributed by atoms with Crippen molar-refractivity contribution < 1.29 is 14.3 Å². The van der Waals surface area contributed by atoms with E-state index in [1.54, 1.807) is 17.2 Å². The second-order valence-electron chi connectivity index (χ2n) is 5.14. The highest BCUT2D eigenvalue weighted by atomic mass is 19.1. The zero-order chi connectivity index (χ0) is 15.2. The smallest absolute Gasteiger partial charge is 0.227 e. The van der Waals surface area contributed by atoms with Crippen molar-refractivity contribution in [1.82, 2.24) is 9.88 Å². The van der Waals surface area contributed by atoms with Crippen LogP contribution >= 0.6 is 0 Å². The zero-order valence-electron chi connectivity index (χ0n) is 12.2. The second kappa shape index (κ2) is 7.22. The molecule has 1 aromatic heterocycles. The third-order valence-electron chi connectivity index (χ3n) is 3.58. The molecule has 2 rings (SSSR count). The maximum absolute atomic E-state index is 13.2. The van der Waals surface area contributed by atoms with E-state index in [9.17, 15) is 9.18 Å². The normalized spacial score (nSPS) is 11.0. The van der Waals surface area contributed by atoms with Crippen molar-refractivity contribution in [3.05, 3.63) is 35.8 Å². The number of aliphatic hydroxyl groups is 1. The molecule has 4 nitrogen and oxygen atoms in total. The van der Waals surface area contributed by atoms with Crippen molar-refractivity contribution in [2.75, 3.05) is 19.7 Å². The average Bonchev–Trinajstić information content (AvgIpc) is 2.85. The predicted molar refractivity (Wildman–Crippen MR) is 80.5 cm³/mol. The van der Waals surface area contributed by atoms with E-state index in [0.717, 1.165) is 23.8 Å². The van der Waals surface area contributed by atoms with Crippen LogP contribution in [0.2, 0.25) is 0 Å². The Morgan fingerprint density at radius 2 is 2.19 bits per heavy atom. The lowest BCUT2D eigenvalue weighted by Crippen LogP contribution is -2.35. The van der Waals surface area contributed by atoms with Crippen LogP contribution < -0.4 is 0 Å². The first-order valence-electron chi connectivity index (χ1n) is 7.29. The summed E-state index contributed by atoms with van der Waals surface area (Å²) in [5, 5.41) is 9.94. The summed E-state index contributed by atoms with van der Waals surface area (Å²) in [4.78, 5) is 17.0. The lowest BCUT2D eigenvalue weighted by atomic mass is 10.1. The minimum Gasteiger partial charge on any atom is -0.395 e. The highest BCUT2D eigenvalue weighted by molar-refractivity contribution is 5.88. The minimum atomic E-state index is -0.299. The number of nitrogens with one attached hydrogen (secondary N) is 1. The number of fused-ring (bicyclic) bond motifs is 1. The Kier molecular flexibility index (Phi) is 5.33. The molecule has 0 aliphatic rings. The number of H-pyrrole nitrogens is 1. The number of carbonyl (C=O) groups excluding carboxylic acids is 1. The first kappa shape index (κ1) is 15.5. The van der Waals surface area contributed by atoms with E-state index in [-0.39, 0.29) is 24.8 Å². The molecule has 0 aliphatic heterocycles. The Hall–Kier alpha value is -1.88. The van der Waals surface area contributed by atoms with E-state index in [4.69, 9.17) is 5.11 Å². The van der Waals surface area contributed by atoms with Gasteiger partial charge in [0.15, 0.2) is 0 Å². The van der Waals surface area contributed by atoms with Gasteiger partial charge >= 0.3 is 0 Å². The van der Waals surface area contributed by atoms with E-state index < -0.39 is 0 Å². The van der Waals surface area contributed by atoms with Crippen molar-refractivity contribution in [2.45, 2.75) is 26.2 Å². The number of benzene rings is 1. The van der Waals surface area contributed by atoms with Gasteiger partial charge in [-0.3, -0.25) is 4.79 Å². The van der Waals surface area contributed by atoms with Crippen LogP contribution in [-0.4, -0.2) is 40.6 Å². The number of amides is 1. The Balaban J connectivity index is 2.12. The van der Waals surface area contributed by atoms with Gasteiger partial charge in [0.25, 0.3) is 0 Å². The predicted octanol–water partition coefficient (Wildman–Crippen LogP) is 2.47. The standard InChI is InChI=1S/C16H21FN2O2/c1-2-3-6-19(7-8-20)16(21)9-12-11-18-15-10-13(17)4-5-14(12)15/h4-5,10-11,18,20H,2-3,6-9H2,1H3. The summed E-state index contributed by atoms with van der Waals surface area (Å²) >= 11 is 0. The highest BCUT2D eigenvalue weighted by Crippen LogP contribution is 2.20. The van der Waals surface area contributed by atoms with Gasteiger partial charge in [-0.05, 0) is 30.2 Å². The SMILES string of the molecule is CCCCN(CCO)C(=O)Cc1c[nH]c2cc(F)ccc12. The summed E-state index contributed by atoms with van der Waals surface area (Å²) in [6.07, 6.45) is 3.93. The molecule has 0 fully saturated rings. The number of hydrogen-bond donors (Lipinski definition) is 2. The van der Waals surface area contributed by atoms with Crippen LogP contribution in [0.25, 0.3) is 10.9 Å². The van der Waals surface area contributed by atoms with Crippen molar-refractivity contribution in [2.24, 2.45) is 0 Å². The molecule has 0 bridgehead atoms. The molecule has 5 heteroatoms. The largest absolute Gasteiger partial charge is 0.395 e. The number of aliphatic hydroxyl groups excluding tert-OH is 1. The quantitative estimate of drug-likeness (QED) is 0.823. The van der Waals surface area contributed by atoms with E-state index in [1.807, 2.05) is 0 Å². The Bertz CT molecular complexity index is 609. The number of hydrogen-bond acceptors (Lipinski definition) is 2. The van der Waals surface area contributed by atoms with Gasteiger partial charge in [0, 0.05) is 30.2 Å². The summed E-state index contributed by atoms with van der Waals surface area (Å²) in [5.74, 6) is -0.310. The highest BCUT2D eigenvalue weighted by Gasteiger charge is 2.15. The summed E-state index contributed by atoms with van der Waals surface area (Å²) in [6.45, 7) is 3.05. The van der Waals surface area contributed by atoms with Crippen LogP contribution in [0.1, 0.15) is 25.3 Å². The molecule has 0 saturated carbocycles. The number of halogens is 1. The van der Waals surface area contributed by atoms with Crippen LogP contribution in [0.3, 0.4) is 0 Å². The number of aromatic amines is 1. The molecule has 1 heterocycles. The molecule has 2 N–H and O–H groups in total. The fourth-order valence-corrected chi connectivity index (χ4v) is 2.41. The monoisotopic (exact) mass is 292 g/mol. The minimum absolute atomic E-state index is 0.0114. The van der Waals surface area contributed by atoms with Gasteiger partial charge in [0.1, 0.15) is 5.82 Å². The van der Waals surface area contributed by atoms with E-state index >= 15 is 0 Å². The topological polar surface area (TPSA) is 56.3 Å². The van der Waals surface area contributed by atoms with E-state index in [1.165, 1.54) is 12.1 Å². The Labute approximate surface area is 123 Å². The maximum Gasteiger partial charge on any atom is 0.227 e. The van der Waals surface area contributed by atoms with Gasteiger partial charge in [0.05, 0.1) is 13.0 Å². The van der Waals surface area contributed by atoms with Gasteiger partial charge in [-0.25, -0.2) is 4.39 Å². The first-order chi connectivity index (χ1) is 10.2. The lowest BCUT2D eigenvalue weighted by molar-refractivity contribution is -0.131. The van der Waals surface area contributed by atoms with Gasteiger partial charge in [-0.15, -0.1) is 0 Å². The van der Waals surface area contributed by atoms with Gasteiger partial charge < -0.3 is 15.0 Å². The van der Waals surface area contributed by atoms with Crippen molar-refractivity contribution in [3.63, 3.8) is 0 Å². The third-order valence-corrected chi connectivity index (χ3v) is 3.58. The summed E-state index contributed by atoms with van der Waals surface area (Å²) < 4.78 is 13.2. The first-order valence-corrected chi connectivity index (χ1v) is 7.29. The van der Waals surface area contributed by atoms with Crippen LogP contribution in [0.15, 0.2) is 24.4 Å². The number of rotatable bonds is 7. The average molecular weight is 292 g/mol. The van der Waals surface area contributed by atoms with Crippen LogP contribution in [0.4, 0.5) is 4.39 Å². The Morgan fingerprint density at radius 1 is 1.38 bits per heavy atom. The second-order valence-corrected chi connectivity index (χ2v) is 5.14. The molecule has 0 aliphatic carbocycles. The number of nitrogens with zero attached hydrogens (tertiary/aromatic N) is 1. The van der Waals surface area contributed by atoms with E-state index in [2.05, 4.69) is 11.9 Å². The van der Waals surface area contributed by atoms with Crippen LogP contribution in [0, 0.1) is 5.82 Å². The van der Waals surface area contributed by atoms with Gasteiger partial charge in [-0.1, -0.05) is 13.3 Å². The van der Waals surface area contributed by atoms with Crippen molar-refractivity contribution >= 4 is 16.8 Å². The molecule has 0 spiro atoms. The molecular formula is C16H21FN2O2. The van der Waals surface area contributed by atoms with Crippen LogP contribution in [0.5, 0.6) is 0 Å². The lowest BCUT2D eigenvalue weighted by Gasteiger charge is -2.21. The summed E-state index contributed by atoms with van der Waals surface area (Å²) in [6, 6.07) is 4.50. The molecule has 0 atom stereocenters. The fourth-order valence-electron chi connectivity index (χ4n) is 2.41. The molecule has 0 unspecified atom stereocenters. The zero-order valence-corrected chi connectivity index (χ0v) is 12.2. The van der Waals surface area contributed by atoms with Gasteiger partial charge in [-0.2, -0.15) is 0 Å². The number of carbonyl (C=O) groups is 1. The van der Waals surface area contributed by atoms with Crippen molar-refractivity contribution in [3.8, 4) is 0 Å². The summed E-state index contributed by atoms with van der Waals surface area (Å²) in [7, 11) is 0. The third kappa shape index (κ3) is 3.82. The molecule has 114 valence electrons. The van der Waals surface area contributed by atoms with Gasteiger partial charge in [0.2, 0.25) is 5.91 Å². The Morgan fingerprint density at radius 3 is 2.90 bits per heavy atom. The molecule has 2 aromatic rings. The molecule has 0 radical (unpaired) electrons. The number of aromatic nitrogens is 1. The number of unbranched alkanes of at least 4 members (excludes halogenated alkanes) is 1. The molecule has 1 amide bonds.